The molecule has 3 nitrogen and oxygen atoms in total. The Morgan fingerprint density at radius 1 is 1.28 bits per heavy atom. The molecular weight excluding hydrogens is 226 g/mol. The van der Waals surface area contributed by atoms with Gasteiger partial charge in [-0.25, -0.2) is 0 Å². The first-order chi connectivity index (χ1) is 8.69. The number of benzene rings is 1. The molecule has 1 spiro atoms. The number of hydrogen-bond donors (Lipinski definition) is 0. The second-order valence-corrected chi connectivity index (χ2v) is 5.69. The van der Waals surface area contributed by atoms with Crippen LogP contribution in [0.4, 0.5) is 0 Å². The molecule has 0 unspecified atom stereocenters. The van der Waals surface area contributed by atoms with Crippen molar-refractivity contribution in [3.8, 4) is 0 Å². The lowest BCUT2D eigenvalue weighted by molar-refractivity contribution is -0.138. The minimum absolute atomic E-state index is 0.168. The molecule has 0 atom stereocenters. The Labute approximate surface area is 108 Å². The van der Waals surface area contributed by atoms with E-state index in [4.69, 9.17) is 4.74 Å². The van der Waals surface area contributed by atoms with E-state index in [1.54, 1.807) is 0 Å². The summed E-state index contributed by atoms with van der Waals surface area (Å²) in [5.74, 6) is 0.168. The number of carbonyl (C=O) groups excluding carboxylic acids is 1. The molecule has 2 aliphatic rings. The van der Waals surface area contributed by atoms with Crippen molar-refractivity contribution in [1.29, 1.82) is 0 Å². The van der Waals surface area contributed by atoms with Gasteiger partial charge in [0.05, 0.1) is 13.2 Å². The Hall–Kier alpha value is -1.35. The zero-order valence-electron chi connectivity index (χ0n) is 10.8. The van der Waals surface area contributed by atoms with E-state index in [1.165, 1.54) is 12.0 Å². The van der Waals surface area contributed by atoms with Crippen LogP contribution in [0.25, 0.3) is 0 Å². The van der Waals surface area contributed by atoms with Crippen molar-refractivity contribution in [2.24, 2.45) is 5.41 Å². The summed E-state index contributed by atoms with van der Waals surface area (Å²) >= 11 is 0. The number of carbonyl (C=O) groups is 1. The fourth-order valence-corrected chi connectivity index (χ4v) is 2.89. The number of hydrogen-bond acceptors (Lipinski definition) is 2. The first kappa shape index (κ1) is 11.7. The molecule has 0 N–H and O–H groups in total. The van der Waals surface area contributed by atoms with Crippen LogP contribution in [0.3, 0.4) is 0 Å². The molecule has 3 rings (SSSR count). The summed E-state index contributed by atoms with van der Waals surface area (Å²) in [6.45, 7) is 5.43. The predicted octanol–water partition coefficient (Wildman–Crippen LogP) is 2.25. The van der Waals surface area contributed by atoms with E-state index in [2.05, 4.69) is 0 Å². The van der Waals surface area contributed by atoms with Gasteiger partial charge in [-0.1, -0.05) is 17.7 Å². The van der Waals surface area contributed by atoms with Crippen LogP contribution in [0, 0.1) is 12.3 Å². The van der Waals surface area contributed by atoms with Crippen molar-refractivity contribution >= 4 is 5.91 Å². The van der Waals surface area contributed by atoms with Crippen LogP contribution in [0.15, 0.2) is 24.3 Å². The van der Waals surface area contributed by atoms with Gasteiger partial charge >= 0.3 is 0 Å². The molecule has 2 fully saturated rings. The summed E-state index contributed by atoms with van der Waals surface area (Å²) in [5.41, 5.74) is 2.26. The van der Waals surface area contributed by atoms with E-state index in [1.807, 2.05) is 36.1 Å². The van der Waals surface area contributed by atoms with Crippen molar-refractivity contribution in [3.05, 3.63) is 35.4 Å². The van der Waals surface area contributed by atoms with E-state index in [0.717, 1.165) is 38.3 Å². The second-order valence-electron chi connectivity index (χ2n) is 5.69. The van der Waals surface area contributed by atoms with Crippen LogP contribution >= 0.6 is 0 Å². The van der Waals surface area contributed by atoms with Gasteiger partial charge in [0.25, 0.3) is 5.91 Å². The Morgan fingerprint density at radius 2 is 2.00 bits per heavy atom. The molecular formula is C15H19NO2. The molecule has 0 radical (unpaired) electrons. The minimum atomic E-state index is 0.168. The highest BCUT2D eigenvalue weighted by Crippen LogP contribution is 2.37. The first-order valence-electron chi connectivity index (χ1n) is 6.62. The normalized spacial score (nSPS) is 21.7. The molecule has 18 heavy (non-hydrogen) atoms. The number of piperidine rings is 1. The van der Waals surface area contributed by atoms with Crippen LogP contribution in [-0.4, -0.2) is 37.1 Å². The van der Waals surface area contributed by atoms with E-state index < -0.39 is 0 Å². The Balaban J connectivity index is 1.74. The van der Waals surface area contributed by atoms with Crippen molar-refractivity contribution in [2.75, 3.05) is 26.3 Å². The number of nitrogens with zero attached hydrogens (tertiary/aromatic N) is 1. The fraction of sp³-hybridized carbons (Fsp3) is 0.533. The number of ether oxygens (including phenoxy) is 1. The van der Waals surface area contributed by atoms with Gasteiger partial charge in [0.2, 0.25) is 0 Å². The molecule has 2 heterocycles. The van der Waals surface area contributed by atoms with Gasteiger partial charge in [-0.2, -0.15) is 0 Å². The second kappa shape index (κ2) is 4.39. The third-order valence-corrected chi connectivity index (χ3v) is 4.06. The lowest BCUT2D eigenvalue weighted by atomic mass is 9.78. The minimum Gasteiger partial charge on any atom is -0.380 e. The zero-order valence-corrected chi connectivity index (χ0v) is 10.8. The van der Waals surface area contributed by atoms with Gasteiger partial charge in [-0.15, -0.1) is 0 Å². The van der Waals surface area contributed by atoms with E-state index >= 15 is 0 Å². The largest absolute Gasteiger partial charge is 0.380 e. The summed E-state index contributed by atoms with van der Waals surface area (Å²) in [7, 11) is 0. The number of aryl methyl sites for hydroxylation is 1. The predicted molar refractivity (Wildman–Crippen MR) is 69.6 cm³/mol. The molecule has 1 aromatic carbocycles. The molecule has 1 amide bonds. The van der Waals surface area contributed by atoms with Gasteiger partial charge < -0.3 is 9.64 Å². The average molecular weight is 245 g/mol. The lowest BCUT2D eigenvalue weighted by Crippen LogP contribution is -2.55. The van der Waals surface area contributed by atoms with E-state index in [9.17, 15) is 4.79 Å². The number of rotatable bonds is 1. The molecule has 0 saturated carbocycles. The van der Waals surface area contributed by atoms with Gasteiger partial charge in [-0.05, 0) is 31.9 Å². The molecule has 2 aliphatic heterocycles. The zero-order chi connectivity index (χ0) is 12.6. The van der Waals surface area contributed by atoms with Crippen LogP contribution in [-0.2, 0) is 4.74 Å². The molecule has 0 bridgehead atoms. The monoisotopic (exact) mass is 245 g/mol. The summed E-state index contributed by atoms with van der Waals surface area (Å²) in [6, 6.07) is 7.85. The van der Waals surface area contributed by atoms with Gasteiger partial charge in [-0.3, -0.25) is 4.79 Å². The van der Waals surface area contributed by atoms with Crippen LogP contribution in [0.2, 0.25) is 0 Å². The van der Waals surface area contributed by atoms with Crippen molar-refractivity contribution < 1.29 is 9.53 Å². The standard InChI is InChI=1S/C15H19NO2/c1-12-3-5-13(6-4-12)14(17)16-8-2-7-15(9-16)10-18-11-15/h3-6H,2,7-11H2,1H3. The molecule has 2 saturated heterocycles. The van der Waals surface area contributed by atoms with Crippen molar-refractivity contribution in [1.82, 2.24) is 4.90 Å². The van der Waals surface area contributed by atoms with Crippen molar-refractivity contribution in [3.63, 3.8) is 0 Å². The molecule has 0 aromatic heterocycles. The topological polar surface area (TPSA) is 29.5 Å². The van der Waals surface area contributed by atoms with Gasteiger partial charge in [0.1, 0.15) is 0 Å². The van der Waals surface area contributed by atoms with E-state index in [0.29, 0.717) is 0 Å². The smallest absolute Gasteiger partial charge is 0.253 e. The van der Waals surface area contributed by atoms with E-state index in [-0.39, 0.29) is 11.3 Å². The highest BCUT2D eigenvalue weighted by molar-refractivity contribution is 5.94. The Morgan fingerprint density at radius 3 is 2.61 bits per heavy atom. The lowest BCUT2D eigenvalue weighted by Gasteiger charge is -2.48. The Kier molecular flexibility index (Phi) is 2.86. The maximum atomic E-state index is 12.4. The van der Waals surface area contributed by atoms with Crippen molar-refractivity contribution in [2.45, 2.75) is 19.8 Å². The summed E-state index contributed by atoms with van der Waals surface area (Å²) in [4.78, 5) is 14.4. The third kappa shape index (κ3) is 2.03. The first-order valence-corrected chi connectivity index (χ1v) is 6.62. The number of likely N-dealkylation sites (tertiary alicyclic amines) is 1. The third-order valence-electron chi connectivity index (χ3n) is 4.06. The molecule has 0 aliphatic carbocycles. The van der Waals surface area contributed by atoms with Crippen LogP contribution in [0.1, 0.15) is 28.8 Å². The van der Waals surface area contributed by atoms with Crippen LogP contribution < -0.4 is 0 Å². The summed E-state index contributed by atoms with van der Waals surface area (Å²) < 4.78 is 5.33. The molecule has 3 heteroatoms. The fourth-order valence-electron chi connectivity index (χ4n) is 2.89. The summed E-state index contributed by atoms with van der Waals surface area (Å²) in [5, 5.41) is 0. The quantitative estimate of drug-likeness (QED) is 0.759. The highest BCUT2D eigenvalue weighted by Gasteiger charge is 2.43. The number of amides is 1. The van der Waals surface area contributed by atoms with Gasteiger partial charge in [0.15, 0.2) is 0 Å². The summed E-state index contributed by atoms with van der Waals surface area (Å²) in [6.07, 6.45) is 2.30. The molecule has 96 valence electrons. The van der Waals surface area contributed by atoms with Crippen LogP contribution in [0.5, 0.6) is 0 Å². The maximum absolute atomic E-state index is 12.4. The van der Waals surface area contributed by atoms with Gasteiger partial charge in [0, 0.05) is 24.1 Å². The SMILES string of the molecule is Cc1ccc(C(=O)N2CCCC3(COC3)C2)cc1. The highest BCUT2D eigenvalue weighted by atomic mass is 16.5. The molecule has 1 aromatic rings. The Bertz CT molecular complexity index is 448. The maximum Gasteiger partial charge on any atom is 0.253 e. The average Bonchev–Trinajstić information content (AvgIpc) is 2.37.